The van der Waals surface area contributed by atoms with Crippen molar-refractivity contribution >= 4 is 14.4 Å². The van der Waals surface area contributed by atoms with E-state index in [1.54, 1.807) is 4.90 Å². The first-order valence-electron chi connectivity index (χ1n) is 15.5. The number of carbonyl (C=O) groups excluding carboxylic acids is 1. The van der Waals surface area contributed by atoms with Gasteiger partial charge >= 0.3 is 6.09 Å². The molecule has 3 aromatic carbocycles. The zero-order chi connectivity index (χ0) is 31.3. The molecule has 1 unspecified atom stereocenters. The lowest BCUT2D eigenvalue weighted by atomic mass is 9.89. The van der Waals surface area contributed by atoms with Gasteiger partial charge in [0.1, 0.15) is 6.61 Å². The minimum absolute atomic E-state index is 0.0473. The molecule has 0 radical (unpaired) electrons. The zero-order valence-electron chi connectivity index (χ0n) is 27.3. The van der Waals surface area contributed by atoms with E-state index in [9.17, 15) is 9.90 Å². The number of aliphatic hydroxyl groups is 1. The van der Waals surface area contributed by atoms with Crippen LogP contribution in [-0.4, -0.2) is 43.6 Å². The number of aliphatic hydroxyl groups excluding tert-OH is 1. The highest BCUT2D eigenvalue weighted by molar-refractivity contribution is 6.74. The van der Waals surface area contributed by atoms with Crippen LogP contribution in [0.2, 0.25) is 18.1 Å². The predicted octanol–water partition coefficient (Wildman–Crippen LogP) is 9.49. The van der Waals surface area contributed by atoms with Crippen LogP contribution in [0.15, 0.2) is 84.9 Å². The molecule has 0 bridgehead atoms. The molecule has 4 rings (SSSR count). The highest BCUT2D eigenvalue weighted by Gasteiger charge is 2.44. The molecular formula is C36H53NO4Si. The molecule has 5 nitrogen and oxygen atoms in total. The molecule has 1 heterocycles. The quantitative estimate of drug-likeness (QED) is 0.265. The smallest absolute Gasteiger partial charge is 0.410 e. The van der Waals surface area contributed by atoms with Crippen LogP contribution in [0.4, 0.5) is 4.79 Å². The van der Waals surface area contributed by atoms with Gasteiger partial charge in [0, 0.05) is 12.5 Å². The molecule has 1 aliphatic heterocycles. The van der Waals surface area contributed by atoms with E-state index in [1.165, 1.54) is 0 Å². The van der Waals surface area contributed by atoms with Crippen LogP contribution in [0.5, 0.6) is 0 Å². The molecule has 0 spiro atoms. The van der Waals surface area contributed by atoms with Crippen LogP contribution in [0.1, 0.15) is 72.1 Å². The van der Waals surface area contributed by atoms with Crippen molar-refractivity contribution in [3.05, 3.63) is 96.1 Å². The van der Waals surface area contributed by atoms with Crippen LogP contribution >= 0.6 is 0 Å². The average molecular weight is 592 g/mol. The van der Waals surface area contributed by atoms with Crippen molar-refractivity contribution in [3.8, 4) is 11.1 Å². The second-order valence-electron chi connectivity index (χ2n) is 11.8. The molecule has 1 saturated heterocycles. The summed E-state index contributed by atoms with van der Waals surface area (Å²) in [4.78, 5) is 15.0. The van der Waals surface area contributed by atoms with Gasteiger partial charge in [-0.1, -0.05) is 133 Å². The summed E-state index contributed by atoms with van der Waals surface area (Å²) in [6.07, 6.45) is -0.375. The number of hydrogen-bond donors (Lipinski definition) is 1. The Hall–Kier alpha value is -2.93. The number of carbonyl (C=O) groups is 1. The fourth-order valence-electron chi connectivity index (χ4n) is 4.75. The number of rotatable bonds is 8. The monoisotopic (exact) mass is 591 g/mol. The molecule has 3 aromatic rings. The summed E-state index contributed by atoms with van der Waals surface area (Å²) in [5.41, 5.74) is 4.05. The Labute approximate surface area is 256 Å². The minimum Gasteiger partial charge on any atom is -0.445 e. The first-order valence-corrected chi connectivity index (χ1v) is 18.4. The van der Waals surface area contributed by atoms with Crippen molar-refractivity contribution in [2.45, 2.75) is 91.8 Å². The Morgan fingerprint density at radius 1 is 0.881 bits per heavy atom. The summed E-state index contributed by atoms with van der Waals surface area (Å²) in [5, 5.41) is 11.6. The first kappa shape index (κ1) is 35.3. The maximum atomic E-state index is 13.2. The normalized spacial score (nSPS) is 17.3. The Kier molecular flexibility index (Phi) is 14.0. The van der Waals surface area contributed by atoms with Gasteiger partial charge in [-0.3, -0.25) is 0 Å². The van der Waals surface area contributed by atoms with Gasteiger partial charge in [0.2, 0.25) is 0 Å². The zero-order valence-corrected chi connectivity index (χ0v) is 28.3. The van der Waals surface area contributed by atoms with Gasteiger partial charge in [-0.2, -0.15) is 0 Å². The molecule has 3 atom stereocenters. The average Bonchev–Trinajstić information content (AvgIpc) is 3.45. The summed E-state index contributed by atoms with van der Waals surface area (Å²) >= 11 is 0. The van der Waals surface area contributed by atoms with E-state index < -0.39 is 14.4 Å². The van der Waals surface area contributed by atoms with E-state index >= 15 is 0 Å². The number of amides is 1. The largest absolute Gasteiger partial charge is 0.445 e. The van der Waals surface area contributed by atoms with Gasteiger partial charge in [0.15, 0.2) is 8.32 Å². The SMILES string of the molecule is CC.CC.CC(C)(C)[Si](C)(C)OC[C@@H]1[C@@H](C(O)c2ccc(-c3ccccc3)cc2)CCN1C(=O)OCc1ccccc1. The number of ether oxygens (including phenoxy) is 1. The molecule has 0 aromatic heterocycles. The van der Waals surface area contributed by atoms with Crippen molar-refractivity contribution in [2.75, 3.05) is 13.2 Å². The Morgan fingerprint density at radius 3 is 1.95 bits per heavy atom. The first-order chi connectivity index (χ1) is 20.1. The van der Waals surface area contributed by atoms with Crippen molar-refractivity contribution in [2.24, 2.45) is 5.92 Å². The van der Waals surface area contributed by atoms with Crippen LogP contribution in [0.25, 0.3) is 11.1 Å². The standard InChI is InChI=1S/C32H41NO4Si.2C2H6/c1-32(2,3)38(4,5)37-23-29-28(20-21-33(29)31(35)36-22-24-12-8-6-9-13-24)30(34)27-18-16-26(17-19-27)25-14-10-7-11-15-25;2*1-2/h6-19,28-30,34H,20-23H2,1-5H3;2*1-2H3/t28-,29+,30?;;/m0../s1. The van der Waals surface area contributed by atoms with Gasteiger partial charge in [0.25, 0.3) is 0 Å². The van der Waals surface area contributed by atoms with Crippen LogP contribution in [0.3, 0.4) is 0 Å². The second kappa shape index (κ2) is 16.6. The van der Waals surface area contributed by atoms with Gasteiger partial charge in [-0.05, 0) is 46.8 Å². The van der Waals surface area contributed by atoms with Gasteiger partial charge in [-0.25, -0.2) is 4.79 Å². The van der Waals surface area contributed by atoms with Crippen molar-refractivity contribution in [1.82, 2.24) is 4.90 Å². The van der Waals surface area contributed by atoms with Crippen LogP contribution < -0.4 is 0 Å². The maximum absolute atomic E-state index is 13.2. The molecule has 230 valence electrons. The van der Waals surface area contributed by atoms with E-state index in [1.807, 2.05) is 88.4 Å². The van der Waals surface area contributed by atoms with Crippen molar-refractivity contribution in [3.63, 3.8) is 0 Å². The number of nitrogens with zero attached hydrogens (tertiary/aromatic N) is 1. The molecule has 0 aliphatic carbocycles. The van der Waals surface area contributed by atoms with E-state index in [4.69, 9.17) is 9.16 Å². The Morgan fingerprint density at radius 2 is 1.40 bits per heavy atom. The molecule has 1 aliphatic rings. The lowest BCUT2D eigenvalue weighted by molar-refractivity contribution is 0.0431. The van der Waals surface area contributed by atoms with Crippen LogP contribution in [0, 0.1) is 5.92 Å². The summed E-state index contributed by atoms with van der Waals surface area (Å²) in [6, 6.07) is 27.7. The highest BCUT2D eigenvalue weighted by Crippen LogP contribution is 2.40. The Bertz CT molecular complexity index is 1180. The number of likely N-dealkylation sites (tertiary alicyclic amines) is 1. The second-order valence-corrected chi connectivity index (χ2v) is 16.6. The van der Waals surface area contributed by atoms with Crippen molar-refractivity contribution < 1.29 is 19.1 Å². The summed E-state index contributed by atoms with van der Waals surface area (Å²) in [6.45, 7) is 20.2. The van der Waals surface area contributed by atoms with Gasteiger partial charge in [0.05, 0.1) is 18.8 Å². The fourth-order valence-corrected chi connectivity index (χ4v) is 5.77. The third kappa shape index (κ3) is 9.28. The molecule has 1 N–H and O–H groups in total. The molecule has 0 saturated carbocycles. The van der Waals surface area contributed by atoms with Gasteiger partial charge in [-0.15, -0.1) is 0 Å². The van der Waals surface area contributed by atoms with Crippen LogP contribution in [-0.2, 0) is 15.8 Å². The predicted molar refractivity (Wildman–Crippen MR) is 178 cm³/mol. The van der Waals surface area contributed by atoms with E-state index in [0.717, 1.165) is 22.3 Å². The summed E-state index contributed by atoms with van der Waals surface area (Å²) < 4.78 is 12.3. The van der Waals surface area contributed by atoms with Gasteiger partial charge < -0.3 is 19.2 Å². The lowest BCUT2D eigenvalue weighted by Gasteiger charge is -2.39. The minimum atomic E-state index is -2.06. The fraction of sp³-hybridized carbons (Fsp3) is 0.472. The lowest BCUT2D eigenvalue weighted by Crippen LogP contribution is -2.48. The highest BCUT2D eigenvalue weighted by atomic mass is 28.4. The molecule has 1 fully saturated rings. The summed E-state index contributed by atoms with van der Waals surface area (Å²) in [7, 11) is -2.06. The third-order valence-corrected chi connectivity index (χ3v) is 12.7. The third-order valence-electron chi connectivity index (χ3n) is 8.22. The number of benzene rings is 3. The maximum Gasteiger partial charge on any atom is 0.410 e. The molecule has 6 heteroatoms. The number of hydrogen-bond acceptors (Lipinski definition) is 4. The topological polar surface area (TPSA) is 59.0 Å². The van der Waals surface area contributed by atoms with E-state index in [-0.39, 0.29) is 29.7 Å². The molecular weight excluding hydrogens is 538 g/mol. The molecule has 1 amide bonds. The van der Waals surface area contributed by atoms with Crippen molar-refractivity contribution in [1.29, 1.82) is 0 Å². The summed E-state index contributed by atoms with van der Waals surface area (Å²) in [5.74, 6) is -0.147. The molecule has 42 heavy (non-hydrogen) atoms. The van der Waals surface area contributed by atoms with E-state index in [0.29, 0.717) is 19.6 Å². The van der Waals surface area contributed by atoms with E-state index in [2.05, 4.69) is 58.1 Å². The Balaban J connectivity index is 0.00000148.